The minimum Gasteiger partial charge on any atom is -0.469 e. The molecule has 14 nitrogen and oxygen atoms in total. The molecule has 2 aliphatic rings. The second-order valence-electron chi connectivity index (χ2n) is 12.9. The van der Waals surface area contributed by atoms with E-state index in [-0.39, 0.29) is 44.4 Å². The normalized spacial score (nSPS) is 15.8. The van der Waals surface area contributed by atoms with Crippen molar-refractivity contribution in [3.63, 3.8) is 0 Å². The number of ether oxygens (including phenoxy) is 6. The average Bonchev–Trinajstić information content (AvgIpc) is 2.99. The number of carbonyl (C=O) groups is 6. The smallest absolute Gasteiger partial charge is 0.410 e. The number of carbonyl (C=O) groups excluding carboxylic acids is 6. The van der Waals surface area contributed by atoms with Gasteiger partial charge in [-0.2, -0.15) is 0 Å². The molecule has 0 aromatic heterocycles. The van der Waals surface area contributed by atoms with Crippen LogP contribution in [0.5, 0.6) is 0 Å². The van der Waals surface area contributed by atoms with Crippen molar-refractivity contribution in [3.05, 3.63) is 0 Å². The van der Waals surface area contributed by atoms with E-state index in [0.717, 1.165) is 0 Å². The zero-order valence-electron chi connectivity index (χ0n) is 29.7. The molecule has 0 aliphatic carbocycles. The zero-order valence-corrected chi connectivity index (χ0v) is 31.3. The lowest BCUT2D eigenvalue weighted by molar-refractivity contribution is -0.163. The molecule has 2 heterocycles. The zero-order chi connectivity index (χ0) is 36.4. The van der Waals surface area contributed by atoms with E-state index in [1.807, 2.05) is 20.8 Å². The van der Waals surface area contributed by atoms with E-state index in [2.05, 4.69) is 20.7 Å². The fourth-order valence-electron chi connectivity index (χ4n) is 4.59. The van der Waals surface area contributed by atoms with E-state index in [1.165, 1.54) is 14.2 Å². The van der Waals surface area contributed by atoms with Crippen LogP contribution in [0.25, 0.3) is 0 Å². The number of nitrogens with zero attached hydrogens (tertiary/aromatic N) is 2. The van der Waals surface area contributed by atoms with Crippen LogP contribution in [0.4, 0.5) is 9.59 Å². The van der Waals surface area contributed by atoms with Crippen LogP contribution in [0.15, 0.2) is 0 Å². The average molecular weight is 756 g/mol. The molecule has 2 rings (SSSR count). The van der Waals surface area contributed by atoms with Crippen molar-refractivity contribution >= 4 is 52.0 Å². The number of methoxy groups -OCH3 is 2. The van der Waals surface area contributed by atoms with Gasteiger partial charge in [-0.15, -0.1) is 0 Å². The van der Waals surface area contributed by atoms with Crippen molar-refractivity contribution in [2.75, 3.05) is 58.9 Å². The molecule has 280 valence electrons. The lowest BCUT2D eigenvalue weighted by atomic mass is 9.75. The van der Waals surface area contributed by atoms with Crippen molar-refractivity contribution < 1.29 is 57.2 Å². The third-order valence-electron chi connectivity index (χ3n) is 6.87. The molecule has 0 aromatic carbocycles. The molecule has 0 aromatic rings. The molecular weight excluding hydrogens is 696 g/mol. The van der Waals surface area contributed by atoms with Crippen LogP contribution in [0.2, 0.25) is 0 Å². The Labute approximate surface area is 294 Å². The Morgan fingerprint density at radius 3 is 1.46 bits per heavy atom. The molecule has 0 spiro atoms. The van der Waals surface area contributed by atoms with E-state index in [1.54, 1.807) is 44.4 Å². The summed E-state index contributed by atoms with van der Waals surface area (Å²) in [5, 5.41) is 0.292. The SMILES string of the molecule is C.CCOC(=O)CBr.CCOC(=O)CC1(C(=O)OC)CCN(C(=O)OC(C)(C)C)CC1.COC(=O)C1CCN(C(=O)OC(C)(C)C)CC1. The van der Waals surface area contributed by atoms with Crippen LogP contribution in [0, 0.1) is 11.3 Å². The summed E-state index contributed by atoms with van der Waals surface area (Å²) in [4.78, 5) is 72.5. The minimum absolute atomic E-state index is 0. The van der Waals surface area contributed by atoms with Gasteiger partial charge in [0.25, 0.3) is 0 Å². The van der Waals surface area contributed by atoms with Gasteiger partial charge in [-0.1, -0.05) is 23.4 Å². The van der Waals surface area contributed by atoms with E-state index in [4.69, 9.17) is 23.7 Å². The third kappa shape index (κ3) is 18.4. The molecular formula is C33H59BrN2O12. The second kappa shape index (κ2) is 22.5. The first-order chi connectivity index (χ1) is 21.8. The van der Waals surface area contributed by atoms with Gasteiger partial charge in [-0.05, 0) is 81.1 Å². The number of esters is 4. The number of rotatable bonds is 7. The quantitative estimate of drug-likeness (QED) is 0.182. The number of amides is 2. The first kappa shape index (κ1) is 47.0. The number of hydrogen-bond acceptors (Lipinski definition) is 12. The number of halogens is 1. The van der Waals surface area contributed by atoms with E-state index >= 15 is 0 Å². The van der Waals surface area contributed by atoms with Crippen LogP contribution < -0.4 is 0 Å². The van der Waals surface area contributed by atoms with E-state index < -0.39 is 34.6 Å². The number of likely N-dealkylation sites (tertiary alicyclic amines) is 2. The summed E-state index contributed by atoms with van der Waals surface area (Å²) in [7, 11) is 2.69. The molecule has 2 amide bonds. The highest BCUT2D eigenvalue weighted by Crippen LogP contribution is 2.37. The fraction of sp³-hybridized carbons (Fsp3) is 0.818. The van der Waals surface area contributed by atoms with Crippen LogP contribution in [-0.2, 0) is 47.6 Å². The summed E-state index contributed by atoms with van der Waals surface area (Å²) in [6.45, 7) is 16.9. The second-order valence-corrected chi connectivity index (χ2v) is 13.5. The molecule has 0 radical (unpaired) electrons. The predicted octanol–water partition coefficient (Wildman–Crippen LogP) is 5.52. The summed E-state index contributed by atoms with van der Waals surface area (Å²) in [5.41, 5.74) is -1.98. The number of alkyl halides is 1. The Hall–Kier alpha value is -3.10. The molecule has 0 saturated carbocycles. The maximum atomic E-state index is 12.2. The number of piperidine rings is 2. The molecule has 2 saturated heterocycles. The van der Waals surface area contributed by atoms with Crippen LogP contribution in [0.1, 0.15) is 94.9 Å². The van der Waals surface area contributed by atoms with Gasteiger partial charge < -0.3 is 38.2 Å². The maximum Gasteiger partial charge on any atom is 0.410 e. The Morgan fingerprint density at radius 2 is 1.12 bits per heavy atom. The first-order valence-electron chi connectivity index (χ1n) is 15.8. The Bertz CT molecular complexity index is 1020. The Kier molecular flexibility index (Phi) is 22.1. The molecule has 0 atom stereocenters. The lowest BCUT2D eigenvalue weighted by Gasteiger charge is -2.39. The van der Waals surface area contributed by atoms with Gasteiger partial charge in [-0.25, -0.2) is 9.59 Å². The van der Waals surface area contributed by atoms with E-state index in [0.29, 0.717) is 63.8 Å². The van der Waals surface area contributed by atoms with Gasteiger partial charge >= 0.3 is 36.1 Å². The van der Waals surface area contributed by atoms with E-state index in [9.17, 15) is 28.8 Å². The van der Waals surface area contributed by atoms with Crippen molar-refractivity contribution in [2.45, 2.75) is 106 Å². The summed E-state index contributed by atoms with van der Waals surface area (Å²) >= 11 is 2.94. The Morgan fingerprint density at radius 1 is 0.708 bits per heavy atom. The predicted molar refractivity (Wildman–Crippen MR) is 182 cm³/mol. The molecule has 0 bridgehead atoms. The molecule has 0 N–H and O–H groups in total. The van der Waals surface area contributed by atoms with Gasteiger partial charge in [0, 0.05) is 26.2 Å². The summed E-state index contributed by atoms with van der Waals surface area (Å²) in [6, 6.07) is 0. The van der Waals surface area contributed by atoms with Crippen LogP contribution in [-0.4, -0.2) is 116 Å². The van der Waals surface area contributed by atoms with Gasteiger partial charge in [0.2, 0.25) is 0 Å². The summed E-state index contributed by atoms with van der Waals surface area (Å²) < 4.78 is 29.6. The number of hydrogen-bond donors (Lipinski definition) is 0. The highest BCUT2D eigenvalue weighted by atomic mass is 79.9. The first-order valence-corrected chi connectivity index (χ1v) is 16.9. The molecule has 2 aliphatic heterocycles. The van der Waals surface area contributed by atoms with Gasteiger partial charge in [0.1, 0.15) is 16.5 Å². The highest BCUT2D eigenvalue weighted by molar-refractivity contribution is 9.09. The lowest BCUT2D eigenvalue weighted by Crippen LogP contribution is -2.49. The minimum atomic E-state index is -0.931. The van der Waals surface area contributed by atoms with Crippen molar-refractivity contribution in [2.24, 2.45) is 11.3 Å². The topological polar surface area (TPSA) is 164 Å². The highest BCUT2D eigenvalue weighted by Gasteiger charge is 2.46. The van der Waals surface area contributed by atoms with Crippen molar-refractivity contribution in [1.82, 2.24) is 9.80 Å². The largest absolute Gasteiger partial charge is 0.469 e. The van der Waals surface area contributed by atoms with Crippen molar-refractivity contribution in [3.8, 4) is 0 Å². The molecule has 15 heteroatoms. The van der Waals surface area contributed by atoms with Gasteiger partial charge in [0.15, 0.2) is 0 Å². The van der Waals surface area contributed by atoms with Crippen LogP contribution in [0.3, 0.4) is 0 Å². The summed E-state index contributed by atoms with van der Waals surface area (Å²) in [5.74, 6) is -1.34. The molecule has 0 unspecified atom stereocenters. The van der Waals surface area contributed by atoms with Crippen LogP contribution >= 0.6 is 15.9 Å². The third-order valence-corrected chi connectivity index (χ3v) is 7.33. The standard InChI is InChI=1S/C16H27NO6.C12H21NO4.C4H7BrO2.CH4/c1-6-22-12(18)11-16(13(19)21-5)7-9-17(10-8-16)14(20)23-15(2,3)4;1-12(2,3)17-11(15)13-7-5-9(6-8-13)10(14)16-4;1-2-7-4(6)3-5;/h6-11H2,1-5H3;9H,5-8H2,1-4H3;2-3H2,1H3;1H4. The summed E-state index contributed by atoms with van der Waals surface area (Å²) in [6.07, 6.45) is 1.23. The van der Waals surface area contributed by atoms with Crippen molar-refractivity contribution in [1.29, 1.82) is 0 Å². The van der Waals surface area contributed by atoms with Gasteiger partial charge in [-0.3, -0.25) is 19.2 Å². The van der Waals surface area contributed by atoms with Gasteiger partial charge in [0.05, 0.1) is 45.2 Å². The molecule has 2 fully saturated rings. The maximum absolute atomic E-state index is 12.2. The monoisotopic (exact) mass is 754 g/mol. The fourth-order valence-corrected chi connectivity index (χ4v) is 4.75. The Balaban J connectivity index is 0. The molecule has 48 heavy (non-hydrogen) atoms.